The average molecular weight is 1890 g/mol. The average Bonchev–Trinajstić information content (AvgIpc) is 1.55. The zero-order chi connectivity index (χ0) is 94.7. The Morgan fingerprint density at radius 1 is 0.324 bits per heavy atom. The van der Waals surface area contributed by atoms with E-state index in [0.29, 0.717) is 137 Å². The first-order valence-corrected chi connectivity index (χ1v) is 52.0. The maximum Gasteiger partial charge on any atom is 0.266 e. The van der Waals surface area contributed by atoms with Crippen LogP contribution in [0.3, 0.4) is 0 Å². The van der Waals surface area contributed by atoms with E-state index in [1.54, 1.807) is 71.1 Å². The summed E-state index contributed by atoms with van der Waals surface area (Å²) in [6, 6.07) is 9.31. The van der Waals surface area contributed by atoms with E-state index < -0.39 is 48.1 Å². The Morgan fingerprint density at radius 3 is 0.978 bits per heavy atom. The van der Waals surface area contributed by atoms with Crippen LogP contribution in [0.1, 0.15) is 259 Å². The van der Waals surface area contributed by atoms with Gasteiger partial charge in [-0.1, -0.05) is 32.9 Å². The van der Waals surface area contributed by atoms with Gasteiger partial charge in [0.15, 0.2) is 23.1 Å². The Hall–Kier alpha value is -7.77. The normalized spacial score (nSPS) is 41.8. The van der Waals surface area contributed by atoms with Crippen LogP contribution in [0.5, 0.6) is 0 Å². The van der Waals surface area contributed by atoms with Gasteiger partial charge in [-0.2, -0.15) is 35.1 Å². The summed E-state index contributed by atoms with van der Waals surface area (Å²) in [5.41, 5.74) is -0.966. The first-order valence-electron chi connectivity index (χ1n) is 52.0. The van der Waals surface area contributed by atoms with Crippen LogP contribution >= 0.6 is 0 Å². The number of Topliss-reactive ketones (excluding diaryl/α,β-unsaturated/α-hetero) is 4. The fourth-order valence-corrected chi connectivity index (χ4v) is 35.3. The molecule has 0 aliphatic heterocycles. The van der Waals surface area contributed by atoms with Crippen molar-refractivity contribution in [1.82, 2.24) is 74.7 Å². The molecule has 16 fully saturated rings. The Balaban J connectivity index is 0.000000108. The fraction of sp³-hybridized carbons (Fsp3) is 0.762. The molecule has 136 heavy (non-hydrogen) atoms. The third-order valence-electron chi connectivity index (χ3n) is 41.7. The number of ketones is 4. The molecule has 8 aromatic rings. The Morgan fingerprint density at radius 2 is 0.632 bits per heavy atom. The predicted octanol–water partition coefficient (Wildman–Crippen LogP) is 19.2. The van der Waals surface area contributed by atoms with E-state index in [1.165, 1.54) is 9.59 Å². The Bertz CT molecular complexity index is 5300. The van der Waals surface area contributed by atoms with Crippen LogP contribution in [0.15, 0.2) is 79.9 Å². The zero-order valence-corrected chi connectivity index (χ0v) is 79.1. The molecular weight excluding hydrogens is 1750 g/mol. The number of aliphatic hydroxyl groups is 4. The molecule has 31 heteroatoms. The molecule has 24 rings (SSSR count). The number of fused-ring (bicyclic) bond motifs is 24. The molecule has 16 aliphatic carbocycles. The molecule has 4 N–H and O–H groups in total. The number of alkyl halides is 8. The smallest absolute Gasteiger partial charge is 0.266 e. The van der Waals surface area contributed by atoms with Crippen molar-refractivity contribution in [2.24, 2.45) is 164 Å². The fourth-order valence-electron chi connectivity index (χ4n) is 35.3. The lowest BCUT2D eigenvalue weighted by Crippen LogP contribution is -2.53. The van der Waals surface area contributed by atoms with E-state index >= 15 is 0 Å². The highest BCUT2D eigenvalue weighted by molar-refractivity contribution is 5.86. The number of hydrogen-bond acceptors (Lipinski definition) is 19. The molecule has 0 unspecified atom stereocenters. The number of rotatable bonds is 16. The van der Waals surface area contributed by atoms with Gasteiger partial charge in [0.25, 0.3) is 25.7 Å². The summed E-state index contributed by atoms with van der Waals surface area (Å²) >= 11 is 0. The van der Waals surface area contributed by atoms with Crippen LogP contribution < -0.4 is 0 Å². The van der Waals surface area contributed by atoms with E-state index in [9.17, 15) is 74.7 Å². The molecule has 0 amide bonds. The SMILES string of the molecule is C[C@]12CC[C@H]3[C@@H](CC[C@@H]4C[C@@](O)(C(F)F)CC[C@@H]43)[C@@H]1CC[C@@H]2C(=O)Cn1nc2ccncc2n1.C[C@]12CC[C@H]3[C@@H](CC[C@@H]4C[C@@](O)(C(F)F)CC[C@@H]43)[C@@H]1CC[C@@H]2C(=O)Cn1nnc2cnccc21.C[C@]12CC[C@H]3[C@@H](CC[C@@H]4C[C@@](O)(C(F)F)CC[C@@H]43)[C@@H]1CC[C@H]2C(=O)Cn1nc2ccncc2n1.C[C@]12CC[C@H]3[C@@H](CC[C@@H]4C[C@@](O)(C(F)F)CC[C@@H]43)[C@@H]1CC[C@H]2C(=O)Cn1ncc2ncccc21. The van der Waals surface area contributed by atoms with Gasteiger partial charge >= 0.3 is 0 Å². The Labute approximate surface area is 789 Å². The maximum atomic E-state index is 13.6. The van der Waals surface area contributed by atoms with Crippen molar-refractivity contribution < 1.29 is 74.7 Å². The number of halogens is 8. The van der Waals surface area contributed by atoms with Crippen molar-refractivity contribution in [2.75, 3.05) is 0 Å². The number of carbonyl (C=O) groups excluding carboxylic acids is 4. The van der Waals surface area contributed by atoms with Crippen molar-refractivity contribution in [2.45, 2.75) is 333 Å². The van der Waals surface area contributed by atoms with Crippen LogP contribution in [-0.4, -0.2) is 166 Å². The van der Waals surface area contributed by atoms with E-state index in [4.69, 9.17) is 0 Å². The number of hydrogen-bond donors (Lipinski definition) is 4. The summed E-state index contributed by atoms with van der Waals surface area (Å²) in [7, 11) is 0. The van der Waals surface area contributed by atoms with Crippen LogP contribution in [-0.2, 0) is 45.4 Å². The van der Waals surface area contributed by atoms with Gasteiger partial charge in [0.05, 0.1) is 35.8 Å². The summed E-state index contributed by atoms with van der Waals surface area (Å²) in [5, 5.41) is 72.3. The third kappa shape index (κ3) is 16.5. The van der Waals surface area contributed by atoms with Gasteiger partial charge in [0.2, 0.25) is 0 Å². The minimum Gasteiger partial charge on any atom is -0.384 e. The quantitative estimate of drug-likeness (QED) is 0.0653. The second-order valence-electron chi connectivity index (χ2n) is 47.4. The van der Waals surface area contributed by atoms with Crippen molar-refractivity contribution in [3.63, 3.8) is 0 Å². The highest BCUT2D eigenvalue weighted by Crippen LogP contribution is 2.71. The summed E-state index contributed by atoms with van der Waals surface area (Å²) in [5.74, 6) is 10.4. The van der Waals surface area contributed by atoms with Gasteiger partial charge in [-0.15, -0.1) is 5.10 Å². The first-order chi connectivity index (χ1) is 65.2. The van der Waals surface area contributed by atoms with E-state index in [0.717, 1.165) is 188 Å². The molecule has 8 aromatic heterocycles. The van der Waals surface area contributed by atoms with E-state index in [1.807, 2.05) is 18.2 Å². The lowest BCUT2D eigenvalue weighted by atomic mass is 9.49. The van der Waals surface area contributed by atoms with Gasteiger partial charge in [-0.3, -0.25) is 43.8 Å². The number of carbonyl (C=O) groups is 4. The third-order valence-corrected chi connectivity index (χ3v) is 41.7. The minimum absolute atomic E-state index is 0.00139. The summed E-state index contributed by atoms with van der Waals surface area (Å²) in [6.45, 7) is 10.3. The van der Waals surface area contributed by atoms with Crippen LogP contribution in [0.4, 0.5) is 35.1 Å². The highest BCUT2D eigenvalue weighted by atomic mass is 19.3. The topological polar surface area (TPSA) is 311 Å². The molecule has 23 nitrogen and oxygen atoms in total. The van der Waals surface area contributed by atoms with Gasteiger partial charge in [-0.05, 0) is 401 Å². The van der Waals surface area contributed by atoms with Crippen molar-refractivity contribution in [3.8, 4) is 0 Å². The van der Waals surface area contributed by atoms with E-state index in [2.05, 4.69) is 83.4 Å². The first kappa shape index (κ1) is 94.5. The predicted molar refractivity (Wildman–Crippen MR) is 490 cm³/mol. The summed E-state index contributed by atoms with van der Waals surface area (Å²) < 4.78 is 111. The molecular formula is C105H137F8N15O8. The lowest BCUT2D eigenvalue weighted by molar-refractivity contribution is -0.160. The van der Waals surface area contributed by atoms with Crippen LogP contribution in [0.2, 0.25) is 0 Å². The van der Waals surface area contributed by atoms with Crippen molar-refractivity contribution in [1.29, 1.82) is 0 Å². The van der Waals surface area contributed by atoms with Crippen LogP contribution in [0.25, 0.3) is 44.1 Å². The van der Waals surface area contributed by atoms with E-state index in [-0.39, 0.29) is 163 Å². The van der Waals surface area contributed by atoms with Gasteiger partial charge in [0, 0.05) is 48.5 Å². The maximum absolute atomic E-state index is 13.6. The highest BCUT2D eigenvalue weighted by Gasteiger charge is 2.66. The molecule has 0 bridgehead atoms. The Kier molecular flexibility index (Phi) is 25.2. The summed E-state index contributed by atoms with van der Waals surface area (Å²) in [6.07, 6.45) is 32.1. The van der Waals surface area contributed by atoms with Gasteiger partial charge in [-0.25, -0.2) is 39.8 Å². The monoisotopic (exact) mass is 1890 g/mol. The number of aromatic nitrogens is 15. The van der Waals surface area contributed by atoms with Gasteiger partial charge in [0.1, 0.15) is 81.7 Å². The molecule has 0 spiro atoms. The second-order valence-corrected chi connectivity index (χ2v) is 47.4. The number of pyridine rings is 4. The standard InChI is InChI=1S/C27H35F2N3O2.3C26H34F2N4O2/c1-26-10-8-18-17-9-11-27(34,25(28)29)13-16(17)4-5-19(18)20(26)6-7-21(26)24(33)15-32-23-3-2-12-30-22(23)14-31-32;1-25-9-6-17-16-7-10-26(34,24(27)28)12-15(16)2-3-18(17)19(25)4-5-20(25)23(33)14-32-22-8-11-29-13-21(22)30-31-32;2*1-25-9-6-17-16-7-10-26(34,24(27)28)12-15(16)2-3-18(17)19(25)4-5-20(25)23(33)14-32-30-21-8-11-29-13-22(21)31-32/h2-3,12,14,16-21,25,34H,4-11,13,15H2,1H3;3*8,11,13,15-20,24,34H,2-7,9-10,12,14H2,1H3/t16-,17+,18-,19-,20+,21+,26+,27-;15-,16+,17-,18-,19+,20-,25+,26-;15-,16+,17-,18-,19+,20+,25+,26-;15-,16+,17-,18-,19+,20-,25+,26-/m1111/s1. The molecule has 16 saturated carbocycles. The van der Waals surface area contributed by atoms with Crippen molar-refractivity contribution >= 4 is 67.3 Å². The lowest BCUT2D eigenvalue weighted by Gasteiger charge is -2.57. The van der Waals surface area contributed by atoms with Crippen LogP contribution in [0, 0.1) is 164 Å². The molecule has 0 radical (unpaired) electrons. The molecule has 0 saturated heterocycles. The summed E-state index contributed by atoms with van der Waals surface area (Å²) in [4.78, 5) is 73.6. The minimum atomic E-state index is -2.65. The van der Waals surface area contributed by atoms with Gasteiger partial charge < -0.3 is 20.4 Å². The number of nitrogens with zero attached hydrogens (tertiary/aromatic N) is 15. The molecule has 736 valence electrons. The second kappa shape index (κ2) is 36.3. The van der Waals surface area contributed by atoms with Crippen molar-refractivity contribution in [3.05, 3.63) is 79.9 Å². The molecule has 0 aromatic carbocycles. The zero-order valence-electron chi connectivity index (χ0n) is 79.1. The molecule has 16 aliphatic rings. The largest absolute Gasteiger partial charge is 0.384 e. The molecule has 8 heterocycles. The molecule has 32 atom stereocenters.